The highest BCUT2D eigenvalue weighted by Crippen LogP contribution is 2.30. The van der Waals surface area contributed by atoms with E-state index in [-0.39, 0.29) is 12.1 Å². The average Bonchev–Trinajstić information content (AvgIpc) is 2.46. The highest BCUT2D eigenvalue weighted by Gasteiger charge is 2.25. The fraction of sp³-hybridized carbons (Fsp3) is 0.625. The number of hydrogen-bond acceptors (Lipinski definition) is 4. The first-order chi connectivity index (χ1) is 9.65. The van der Waals surface area contributed by atoms with E-state index in [1.165, 1.54) is 0 Å². The van der Waals surface area contributed by atoms with Gasteiger partial charge >= 0.3 is 0 Å². The van der Waals surface area contributed by atoms with Crippen molar-refractivity contribution in [2.24, 2.45) is 5.73 Å². The Morgan fingerprint density at radius 3 is 2.50 bits per heavy atom. The first kappa shape index (κ1) is 17.0. The SMILES string of the molecule is CCOCCN(CC)C(c1ccccc1OC)C(C)N. The summed E-state index contributed by atoms with van der Waals surface area (Å²) in [6.07, 6.45) is 0. The van der Waals surface area contributed by atoms with Gasteiger partial charge in [-0.2, -0.15) is 0 Å². The summed E-state index contributed by atoms with van der Waals surface area (Å²) in [4.78, 5) is 2.35. The van der Waals surface area contributed by atoms with Gasteiger partial charge in [0.05, 0.1) is 19.8 Å². The van der Waals surface area contributed by atoms with E-state index in [0.29, 0.717) is 0 Å². The van der Waals surface area contributed by atoms with Crippen LogP contribution in [0.15, 0.2) is 24.3 Å². The van der Waals surface area contributed by atoms with Crippen LogP contribution < -0.4 is 10.5 Å². The van der Waals surface area contributed by atoms with Gasteiger partial charge in [0.25, 0.3) is 0 Å². The zero-order valence-electron chi connectivity index (χ0n) is 13.1. The van der Waals surface area contributed by atoms with Crippen LogP contribution >= 0.6 is 0 Å². The number of rotatable bonds is 9. The fourth-order valence-corrected chi connectivity index (χ4v) is 2.54. The Hall–Kier alpha value is -1.10. The molecule has 4 heteroatoms. The van der Waals surface area contributed by atoms with Gasteiger partial charge in [0.15, 0.2) is 0 Å². The number of benzene rings is 1. The second kappa shape index (κ2) is 8.95. The number of methoxy groups -OCH3 is 1. The van der Waals surface area contributed by atoms with Gasteiger partial charge < -0.3 is 15.2 Å². The molecule has 0 amide bonds. The van der Waals surface area contributed by atoms with E-state index in [4.69, 9.17) is 15.2 Å². The Bertz CT molecular complexity index is 382. The minimum atomic E-state index is 0.0212. The third-order valence-corrected chi connectivity index (χ3v) is 3.48. The van der Waals surface area contributed by atoms with E-state index in [9.17, 15) is 0 Å². The Kier molecular flexibility index (Phi) is 7.59. The lowest BCUT2D eigenvalue weighted by atomic mass is 9.98. The van der Waals surface area contributed by atoms with Gasteiger partial charge in [-0.25, -0.2) is 0 Å². The molecule has 0 bridgehead atoms. The molecular weight excluding hydrogens is 252 g/mol. The van der Waals surface area contributed by atoms with Crippen molar-refractivity contribution in [1.29, 1.82) is 0 Å². The van der Waals surface area contributed by atoms with Crippen LogP contribution in [0.1, 0.15) is 32.4 Å². The molecule has 2 N–H and O–H groups in total. The summed E-state index contributed by atoms with van der Waals surface area (Å²) in [6.45, 7) is 9.47. The van der Waals surface area contributed by atoms with E-state index in [1.54, 1.807) is 7.11 Å². The molecule has 114 valence electrons. The summed E-state index contributed by atoms with van der Waals surface area (Å²) in [6, 6.07) is 8.25. The Balaban J connectivity index is 2.96. The predicted octanol–water partition coefficient (Wildman–Crippen LogP) is 2.44. The zero-order chi connectivity index (χ0) is 15.0. The molecule has 1 rings (SSSR count). The number of para-hydroxylation sites is 1. The third kappa shape index (κ3) is 4.47. The van der Waals surface area contributed by atoms with Crippen LogP contribution in [0.4, 0.5) is 0 Å². The van der Waals surface area contributed by atoms with Gasteiger partial charge in [-0.05, 0) is 26.5 Å². The smallest absolute Gasteiger partial charge is 0.123 e. The van der Waals surface area contributed by atoms with E-state index in [1.807, 2.05) is 32.0 Å². The molecule has 0 heterocycles. The number of hydrogen-bond donors (Lipinski definition) is 1. The Morgan fingerprint density at radius 2 is 1.95 bits per heavy atom. The molecule has 0 aliphatic rings. The summed E-state index contributed by atoms with van der Waals surface area (Å²) in [5.74, 6) is 0.893. The fourth-order valence-electron chi connectivity index (χ4n) is 2.54. The zero-order valence-corrected chi connectivity index (χ0v) is 13.1. The van der Waals surface area contributed by atoms with E-state index >= 15 is 0 Å². The maximum Gasteiger partial charge on any atom is 0.123 e. The third-order valence-electron chi connectivity index (χ3n) is 3.48. The Morgan fingerprint density at radius 1 is 1.25 bits per heavy atom. The second-order valence-electron chi connectivity index (χ2n) is 4.87. The molecule has 0 aromatic heterocycles. The molecule has 4 nitrogen and oxygen atoms in total. The Labute approximate surface area is 122 Å². The van der Waals surface area contributed by atoms with E-state index in [2.05, 4.69) is 17.9 Å². The van der Waals surface area contributed by atoms with Crippen molar-refractivity contribution < 1.29 is 9.47 Å². The summed E-state index contributed by atoms with van der Waals surface area (Å²) in [5, 5.41) is 0. The molecule has 0 spiro atoms. The van der Waals surface area contributed by atoms with Gasteiger partial charge in [-0.1, -0.05) is 25.1 Å². The van der Waals surface area contributed by atoms with Crippen molar-refractivity contribution in [2.45, 2.75) is 32.9 Å². The first-order valence-electron chi connectivity index (χ1n) is 7.35. The van der Waals surface area contributed by atoms with Crippen molar-refractivity contribution in [3.05, 3.63) is 29.8 Å². The second-order valence-corrected chi connectivity index (χ2v) is 4.87. The summed E-state index contributed by atoms with van der Waals surface area (Å²) < 4.78 is 11.0. The molecule has 0 saturated carbocycles. The molecule has 1 aromatic carbocycles. The van der Waals surface area contributed by atoms with Crippen LogP contribution in [0.25, 0.3) is 0 Å². The van der Waals surface area contributed by atoms with E-state index in [0.717, 1.165) is 37.6 Å². The van der Waals surface area contributed by atoms with Crippen molar-refractivity contribution >= 4 is 0 Å². The van der Waals surface area contributed by atoms with Crippen molar-refractivity contribution in [1.82, 2.24) is 4.90 Å². The first-order valence-corrected chi connectivity index (χ1v) is 7.35. The van der Waals surface area contributed by atoms with Crippen molar-refractivity contribution in [3.8, 4) is 5.75 Å². The highest BCUT2D eigenvalue weighted by molar-refractivity contribution is 5.36. The van der Waals surface area contributed by atoms with Crippen molar-refractivity contribution in [2.75, 3.05) is 33.4 Å². The lowest BCUT2D eigenvalue weighted by molar-refractivity contribution is 0.0901. The number of nitrogens with zero attached hydrogens (tertiary/aromatic N) is 1. The van der Waals surface area contributed by atoms with Gasteiger partial charge in [-0.3, -0.25) is 4.90 Å². The van der Waals surface area contributed by atoms with Crippen LogP contribution in [0.2, 0.25) is 0 Å². The predicted molar refractivity (Wildman–Crippen MR) is 83.1 cm³/mol. The minimum absolute atomic E-state index is 0.0212. The summed E-state index contributed by atoms with van der Waals surface area (Å²) >= 11 is 0. The topological polar surface area (TPSA) is 47.7 Å². The largest absolute Gasteiger partial charge is 0.496 e. The van der Waals surface area contributed by atoms with Crippen LogP contribution in [0.3, 0.4) is 0 Å². The molecular formula is C16H28N2O2. The monoisotopic (exact) mass is 280 g/mol. The average molecular weight is 280 g/mol. The molecule has 0 radical (unpaired) electrons. The lowest BCUT2D eigenvalue weighted by Crippen LogP contribution is -2.41. The van der Waals surface area contributed by atoms with Gasteiger partial charge in [0, 0.05) is 24.8 Å². The number of nitrogens with two attached hydrogens (primary N) is 1. The standard InChI is InChI=1S/C16H28N2O2/c1-5-18(11-12-20-6-2)16(13(3)17)14-9-7-8-10-15(14)19-4/h7-10,13,16H,5-6,11-12,17H2,1-4H3. The van der Waals surface area contributed by atoms with Crippen molar-refractivity contribution in [3.63, 3.8) is 0 Å². The summed E-state index contributed by atoms with van der Waals surface area (Å²) in [5.41, 5.74) is 7.38. The molecule has 0 fully saturated rings. The molecule has 2 unspecified atom stereocenters. The van der Waals surface area contributed by atoms with Crippen LogP contribution in [-0.4, -0.2) is 44.4 Å². The maximum absolute atomic E-state index is 6.23. The normalized spacial score (nSPS) is 14.3. The van der Waals surface area contributed by atoms with Crippen LogP contribution in [0, 0.1) is 0 Å². The quantitative estimate of drug-likeness (QED) is 0.706. The van der Waals surface area contributed by atoms with Crippen LogP contribution in [0.5, 0.6) is 5.75 Å². The molecule has 0 aliphatic carbocycles. The minimum Gasteiger partial charge on any atom is -0.496 e. The number of likely N-dealkylation sites (N-methyl/N-ethyl adjacent to an activating group) is 1. The van der Waals surface area contributed by atoms with Crippen LogP contribution in [-0.2, 0) is 4.74 Å². The molecule has 0 saturated heterocycles. The summed E-state index contributed by atoms with van der Waals surface area (Å²) in [7, 11) is 1.70. The molecule has 2 atom stereocenters. The van der Waals surface area contributed by atoms with Gasteiger partial charge in [0.1, 0.15) is 5.75 Å². The van der Waals surface area contributed by atoms with E-state index < -0.39 is 0 Å². The molecule has 0 aliphatic heterocycles. The van der Waals surface area contributed by atoms with Gasteiger partial charge in [-0.15, -0.1) is 0 Å². The molecule has 1 aromatic rings. The highest BCUT2D eigenvalue weighted by atomic mass is 16.5. The lowest BCUT2D eigenvalue weighted by Gasteiger charge is -2.34. The maximum atomic E-state index is 6.23. The molecule has 20 heavy (non-hydrogen) atoms. The number of ether oxygens (including phenoxy) is 2. The van der Waals surface area contributed by atoms with Gasteiger partial charge in [0.2, 0.25) is 0 Å².